The molecule has 1 aliphatic carbocycles. The van der Waals surface area contributed by atoms with E-state index in [0.29, 0.717) is 13.1 Å². The third-order valence-electron chi connectivity index (χ3n) is 5.30. The molecule has 1 heterocycles. The predicted molar refractivity (Wildman–Crippen MR) is 87.5 cm³/mol. The lowest BCUT2D eigenvalue weighted by molar-refractivity contribution is -0.136. The summed E-state index contributed by atoms with van der Waals surface area (Å²) in [6.45, 7) is 4.91. The van der Waals surface area contributed by atoms with Crippen LogP contribution in [-0.4, -0.2) is 71.8 Å². The molecule has 23 heavy (non-hydrogen) atoms. The van der Waals surface area contributed by atoms with Crippen LogP contribution in [0.2, 0.25) is 0 Å². The summed E-state index contributed by atoms with van der Waals surface area (Å²) in [5.41, 5.74) is -0.618. The van der Waals surface area contributed by atoms with Gasteiger partial charge in [-0.2, -0.15) is 5.26 Å². The second-order valence-corrected chi connectivity index (χ2v) is 6.79. The maximum absolute atomic E-state index is 12.7. The first-order valence-electron chi connectivity index (χ1n) is 8.64. The molecule has 1 saturated carbocycles. The lowest BCUT2D eigenvalue weighted by Gasteiger charge is -2.39. The Morgan fingerprint density at radius 3 is 2.39 bits per heavy atom. The quantitative estimate of drug-likeness (QED) is 0.784. The summed E-state index contributed by atoms with van der Waals surface area (Å²) in [6.07, 6.45) is 5.64. The van der Waals surface area contributed by atoms with Gasteiger partial charge in [0, 0.05) is 40.2 Å². The molecule has 6 nitrogen and oxygen atoms in total. The van der Waals surface area contributed by atoms with E-state index < -0.39 is 5.54 Å². The van der Waals surface area contributed by atoms with Crippen molar-refractivity contribution in [1.82, 2.24) is 14.7 Å². The Morgan fingerprint density at radius 2 is 1.78 bits per heavy atom. The van der Waals surface area contributed by atoms with Crippen molar-refractivity contribution in [3.8, 4) is 6.07 Å². The molecule has 0 atom stereocenters. The summed E-state index contributed by atoms with van der Waals surface area (Å²) < 4.78 is 0. The number of carbonyl (C=O) groups is 2. The SMILES string of the molecule is CC(=O)N1CCCN(CC(=O)N(C)C2(C#N)CCCCC2)CC1. The fourth-order valence-electron chi connectivity index (χ4n) is 3.64. The highest BCUT2D eigenvalue weighted by atomic mass is 16.2. The highest BCUT2D eigenvalue weighted by molar-refractivity contribution is 5.79. The molecule has 2 amide bonds. The fraction of sp³-hybridized carbons (Fsp3) is 0.824. The van der Waals surface area contributed by atoms with Gasteiger partial charge in [-0.05, 0) is 19.3 Å². The lowest BCUT2D eigenvalue weighted by Crippen LogP contribution is -2.52. The number of hydrogen-bond donors (Lipinski definition) is 0. The van der Waals surface area contributed by atoms with Crippen LogP contribution in [0.5, 0.6) is 0 Å². The molecule has 2 fully saturated rings. The van der Waals surface area contributed by atoms with Crippen molar-refractivity contribution in [3.05, 3.63) is 0 Å². The van der Waals surface area contributed by atoms with Crippen molar-refractivity contribution in [3.63, 3.8) is 0 Å². The third-order valence-corrected chi connectivity index (χ3v) is 5.30. The molecule has 0 bridgehead atoms. The summed E-state index contributed by atoms with van der Waals surface area (Å²) in [6, 6.07) is 2.40. The molecule has 0 spiro atoms. The molecule has 2 rings (SSSR count). The maximum atomic E-state index is 12.7. The monoisotopic (exact) mass is 320 g/mol. The highest BCUT2D eigenvalue weighted by Gasteiger charge is 2.39. The van der Waals surface area contributed by atoms with Crippen molar-refractivity contribution < 1.29 is 9.59 Å². The number of hydrogen-bond acceptors (Lipinski definition) is 4. The van der Waals surface area contributed by atoms with Crippen LogP contribution in [0.25, 0.3) is 0 Å². The molecule has 0 aromatic heterocycles. The van der Waals surface area contributed by atoms with Gasteiger partial charge in [-0.25, -0.2) is 0 Å². The Kier molecular flexibility index (Phi) is 6.00. The first kappa shape index (κ1) is 17.7. The minimum atomic E-state index is -0.618. The molecular formula is C17H28N4O2. The first-order valence-corrected chi connectivity index (χ1v) is 8.64. The zero-order valence-corrected chi connectivity index (χ0v) is 14.4. The molecule has 1 saturated heterocycles. The van der Waals surface area contributed by atoms with Crippen LogP contribution in [0.4, 0.5) is 0 Å². The van der Waals surface area contributed by atoms with E-state index in [-0.39, 0.29) is 11.8 Å². The molecule has 0 N–H and O–H groups in total. The number of nitriles is 1. The normalized spacial score (nSPS) is 22.0. The zero-order valence-electron chi connectivity index (χ0n) is 14.4. The Morgan fingerprint density at radius 1 is 1.09 bits per heavy atom. The number of likely N-dealkylation sites (N-methyl/N-ethyl adjacent to an activating group) is 1. The van der Waals surface area contributed by atoms with Crippen LogP contribution in [0.3, 0.4) is 0 Å². The standard InChI is InChI=1S/C17H28N4O2/c1-15(22)21-10-6-9-20(11-12-21)13-16(23)19(2)17(14-18)7-4-3-5-8-17/h3-13H2,1-2H3. The maximum Gasteiger partial charge on any atom is 0.237 e. The van der Waals surface area contributed by atoms with Crippen molar-refractivity contribution in [2.45, 2.75) is 51.0 Å². The molecule has 0 aromatic carbocycles. The van der Waals surface area contributed by atoms with Crippen LogP contribution >= 0.6 is 0 Å². The molecule has 0 aromatic rings. The van der Waals surface area contributed by atoms with Gasteiger partial charge in [0.2, 0.25) is 11.8 Å². The van der Waals surface area contributed by atoms with Gasteiger partial charge in [-0.15, -0.1) is 0 Å². The molecule has 1 aliphatic heterocycles. The van der Waals surface area contributed by atoms with Gasteiger partial charge in [0.05, 0.1) is 12.6 Å². The van der Waals surface area contributed by atoms with Crippen molar-refractivity contribution in [2.75, 3.05) is 39.8 Å². The summed E-state index contributed by atoms with van der Waals surface area (Å²) >= 11 is 0. The molecule has 128 valence electrons. The van der Waals surface area contributed by atoms with Gasteiger partial charge in [-0.1, -0.05) is 19.3 Å². The van der Waals surface area contributed by atoms with Crippen LogP contribution in [-0.2, 0) is 9.59 Å². The van der Waals surface area contributed by atoms with Crippen molar-refractivity contribution >= 4 is 11.8 Å². The Hall–Kier alpha value is -1.61. The number of nitrogens with zero attached hydrogens (tertiary/aromatic N) is 4. The molecule has 2 aliphatic rings. The average molecular weight is 320 g/mol. The summed E-state index contributed by atoms with van der Waals surface area (Å²) in [7, 11) is 1.77. The summed E-state index contributed by atoms with van der Waals surface area (Å²) in [5, 5.41) is 9.61. The Labute approximate surface area is 139 Å². The van der Waals surface area contributed by atoms with E-state index in [1.165, 1.54) is 0 Å². The third kappa shape index (κ3) is 4.23. The van der Waals surface area contributed by atoms with Crippen molar-refractivity contribution in [1.29, 1.82) is 5.26 Å². The summed E-state index contributed by atoms with van der Waals surface area (Å²) in [5.74, 6) is 0.116. The number of carbonyl (C=O) groups excluding carboxylic acids is 2. The van der Waals surface area contributed by atoms with Gasteiger partial charge in [0.1, 0.15) is 5.54 Å². The Bertz CT molecular complexity index is 479. The first-order chi connectivity index (χ1) is 11.0. The molecule has 0 unspecified atom stereocenters. The molecular weight excluding hydrogens is 292 g/mol. The largest absolute Gasteiger partial charge is 0.342 e. The van der Waals surface area contributed by atoms with Gasteiger partial charge in [-0.3, -0.25) is 14.5 Å². The van der Waals surface area contributed by atoms with E-state index in [1.54, 1.807) is 18.9 Å². The predicted octanol–water partition coefficient (Wildman–Crippen LogP) is 1.23. The van der Waals surface area contributed by atoms with Crippen LogP contribution in [0, 0.1) is 11.3 Å². The van der Waals surface area contributed by atoms with Crippen LogP contribution in [0.1, 0.15) is 45.4 Å². The van der Waals surface area contributed by atoms with Gasteiger partial charge in [0.25, 0.3) is 0 Å². The minimum absolute atomic E-state index is 0.0183. The lowest BCUT2D eigenvalue weighted by atomic mass is 9.81. The van der Waals surface area contributed by atoms with E-state index in [2.05, 4.69) is 11.0 Å². The van der Waals surface area contributed by atoms with E-state index in [9.17, 15) is 14.9 Å². The topological polar surface area (TPSA) is 67.7 Å². The zero-order chi connectivity index (χ0) is 16.9. The molecule has 0 radical (unpaired) electrons. The second kappa shape index (κ2) is 7.78. The molecule has 6 heteroatoms. The highest BCUT2D eigenvalue weighted by Crippen LogP contribution is 2.32. The number of amides is 2. The second-order valence-electron chi connectivity index (χ2n) is 6.79. The van der Waals surface area contributed by atoms with E-state index in [0.717, 1.165) is 58.2 Å². The van der Waals surface area contributed by atoms with E-state index >= 15 is 0 Å². The smallest absolute Gasteiger partial charge is 0.237 e. The fourth-order valence-corrected chi connectivity index (χ4v) is 3.64. The summed E-state index contributed by atoms with van der Waals surface area (Å²) in [4.78, 5) is 29.8. The van der Waals surface area contributed by atoms with Gasteiger partial charge in [0.15, 0.2) is 0 Å². The number of rotatable bonds is 3. The minimum Gasteiger partial charge on any atom is -0.342 e. The Balaban J connectivity index is 1.93. The average Bonchev–Trinajstić information content (AvgIpc) is 2.80. The van der Waals surface area contributed by atoms with Gasteiger partial charge < -0.3 is 9.80 Å². The van der Waals surface area contributed by atoms with Crippen LogP contribution in [0.15, 0.2) is 0 Å². The van der Waals surface area contributed by atoms with Gasteiger partial charge >= 0.3 is 0 Å². The van der Waals surface area contributed by atoms with Crippen molar-refractivity contribution in [2.24, 2.45) is 0 Å². The van der Waals surface area contributed by atoms with Crippen LogP contribution < -0.4 is 0 Å². The van der Waals surface area contributed by atoms with E-state index in [4.69, 9.17) is 0 Å². The van der Waals surface area contributed by atoms with E-state index in [1.807, 2.05) is 4.90 Å².